The molecule has 0 bridgehead atoms. The zero-order valence-corrected chi connectivity index (χ0v) is 31.4. The normalized spacial score (nSPS) is 30.3. The summed E-state index contributed by atoms with van der Waals surface area (Å²) in [6, 6.07) is 0. The summed E-state index contributed by atoms with van der Waals surface area (Å²) in [4.78, 5) is 0. The first-order valence-corrected chi connectivity index (χ1v) is 30.0. The van der Waals surface area contributed by atoms with Crippen molar-refractivity contribution in [2.45, 2.75) is 227 Å². The summed E-state index contributed by atoms with van der Waals surface area (Å²) >= 11 is 18.4. The Bertz CT molecular complexity index is 626. The summed E-state index contributed by atoms with van der Waals surface area (Å²) in [7, 11) is 0. The summed E-state index contributed by atoms with van der Waals surface area (Å²) in [5.74, 6) is 0. The molecule has 6 saturated carbocycles. The van der Waals surface area contributed by atoms with Gasteiger partial charge >= 0.3 is 268 Å². The molecule has 0 aromatic heterocycles. The minimum atomic E-state index is -2.56. The summed E-state index contributed by atoms with van der Waals surface area (Å²) < 4.78 is 0. The first kappa shape index (κ1) is 32.8. The molecule has 41 heavy (non-hydrogen) atoms. The Kier molecular flexibility index (Phi) is 12.1. The fourth-order valence-corrected chi connectivity index (χ4v) is 80.5. The van der Waals surface area contributed by atoms with E-state index in [0.29, 0.717) is 0 Å². The standard InChI is InChI=1S/C36H69Cl2P3/c37-41(38,39(31-19-7-1-8-20-31,32-21-9-2-10-22-32)33-23-11-3-12-24-33)40(34-25-13-4-14-26-34,35-27-15-5-16-28-35)36-29-17-6-18-30-36/h31-36,39-41H,1-30H2. The fourth-order valence-electron chi connectivity index (χ4n) is 13.4. The average Bonchev–Trinajstić information content (AvgIpc) is 3.05. The maximum absolute atomic E-state index is 9.21. The second-order valence-corrected chi connectivity index (χ2v) is 45.2. The molecule has 6 aliphatic rings. The van der Waals surface area contributed by atoms with Crippen molar-refractivity contribution in [2.75, 3.05) is 0 Å². The van der Waals surface area contributed by atoms with Crippen molar-refractivity contribution in [3.05, 3.63) is 0 Å². The van der Waals surface area contributed by atoms with E-state index in [9.17, 15) is 22.5 Å². The van der Waals surface area contributed by atoms with Crippen LogP contribution in [0.4, 0.5) is 0 Å². The van der Waals surface area contributed by atoms with Gasteiger partial charge in [0.15, 0.2) is 0 Å². The number of halogens is 2. The van der Waals surface area contributed by atoms with Gasteiger partial charge in [0.05, 0.1) is 0 Å². The monoisotopic (exact) mass is 664 g/mol. The van der Waals surface area contributed by atoms with Gasteiger partial charge in [-0.1, -0.05) is 0 Å². The van der Waals surface area contributed by atoms with E-state index in [1.54, 1.807) is 0 Å². The molecule has 0 nitrogen and oxygen atoms in total. The van der Waals surface area contributed by atoms with Crippen LogP contribution < -0.4 is 0 Å². The van der Waals surface area contributed by atoms with Crippen LogP contribution in [0.1, 0.15) is 193 Å². The minimum absolute atomic E-state index is 0.992. The van der Waals surface area contributed by atoms with Crippen LogP contribution in [0, 0.1) is 0 Å². The molecule has 5 heteroatoms. The SMILES string of the molecule is Cl[PH](Cl)([PH](C1CCCCC1)(C1CCCCC1)C1CCCCC1)[PH](C1CCCCC1)(C1CCCCC1)C1CCCCC1. The topological polar surface area (TPSA) is 0 Å². The molecule has 0 aromatic carbocycles. The second kappa shape index (κ2) is 15.2. The van der Waals surface area contributed by atoms with Crippen LogP contribution in [-0.2, 0) is 0 Å². The summed E-state index contributed by atoms with van der Waals surface area (Å²) in [6.07, 6.45) is 45.4. The van der Waals surface area contributed by atoms with Crippen LogP contribution >= 0.6 is 41.7 Å². The van der Waals surface area contributed by atoms with E-state index in [2.05, 4.69) is 0 Å². The van der Waals surface area contributed by atoms with Crippen LogP contribution in [0.2, 0.25) is 0 Å². The Labute approximate surface area is 267 Å². The number of hydrogen-bond acceptors (Lipinski definition) is 0. The van der Waals surface area contributed by atoms with Gasteiger partial charge in [-0.15, -0.1) is 0 Å². The van der Waals surface area contributed by atoms with Crippen molar-refractivity contribution in [2.24, 2.45) is 0 Å². The molecule has 6 fully saturated rings. The molecule has 6 rings (SSSR count). The maximum atomic E-state index is 9.21. The van der Waals surface area contributed by atoms with Crippen molar-refractivity contribution in [3.63, 3.8) is 0 Å². The Morgan fingerprint density at radius 3 is 0.537 bits per heavy atom. The molecular weight excluding hydrogens is 596 g/mol. The number of rotatable bonds is 8. The molecular formula is C36H69Cl2P3. The molecule has 0 saturated heterocycles. The quantitative estimate of drug-likeness (QED) is 0.226. The van der Waals surface area contributed by atoms with Crippen molar-refractivity contribution in [1.82, 2.24) is 0 Å². The van der Waals surface area contributed by atoms with E-state index in [4.69, 9.17) is 0 Å². The van der Waals surface area contributed by atoms with Gasteiger partial charge < -0.3 is 0 Å². The van der Waals surface area contributed by atoms with E-state index >= 15 is 0 Å². The van der Waals surface area contributed by atoms with Gasteiger partial charge in [0.25, 0.3) is 0 Å². The predicted octanol–water partition coefficient (Wildman–Crippen LogP) is 14.4. The van der Waals surface area contributed by atoms with Crippen LogP contribution in [0.3, 0.4) is 0 Å². The van der Waals surface area contributed by atoms with Crippen molar-refractivity contribution in [3.8, 4) is 0 Å². The van der Waals surface area contributed by atoms with Crippen LogP contribution in [0.25, 0.3) is 0 Å². The van der Waals surface area contributed by atoms with E-state index in [-0.39, 0.29) is 0 Å². The van der Waals surface area contributed by atoms with Crippen LogP contribution in [-0.4, -0.2) is 34.0 Å². The fraction of sp³-hybridized carbons (Fsp3) is 1.00. The molecule has 0 unspecified atom stereocenters. The van der Waals surface area contributed by atoms with Crippen molar-refractivity contribution >= 4 is 41.7 Å². The third-order valence-corrected chi connectivity index (χ3v) is 62.0. The molecule has 0 spiro atoms. The van der Waals surface area contributed by atoms with Crippen LogP contribution in [0.15, 0.2) is 0 Å². The van der Waals surface area contributed by atoms with E-state index in [1.165, 1.54) is 193 Å². The van der Waals surface area contributed by atoms with Crippen molar-refractivity contribution in [1.29, 1.82) is 0 Å². The summed E-state index contributed by atoms with van der Waals surface area (Å²) in [5, 5.41) is -2.56. The third-order valence-electron chi connectivity index (χ3n) is 14.8. The molecule has 242 valence electrons. The molecule has 0 amide bonds. The Balaban J connectivity index is 1.58. The molecule has 6 aliphatic carbocycles. The van der Waals surface area contributed by atoms with Gasteiger partial charge in [-0.3, -0.25) is 0 Å². The summed E-state index contributed by atoms with van der Waals surface area (Å²) in [6.45, 7) is -3.95. The number of hydrogen-bond donors (Lipinski definition) is 0. The van der Waals surface area contributed by atoms with Gasteiger partial charge in [-0.25, -0.2) is 0 Å². The van der Waals surface area contributed by atoms with E-state index < -0.39 is 19.2 Å². The molecule has 0 radical (unpaired) electrons. The Morgan fingerprint density at radius 2 is 0.390 bits per heavy atom. The Morgan fingerprint density at radius 1 is 0.244 bits per heavy atom. The van der Waals surface area contributed by atoms with Crippen molar-refractivity contribution < 1.29 is 0 Å². The summed E-state index contributed by atoms with van der Waals surface area (Å²) in [5.41, 5.74) is 5.95. The second-order valence-electron chi connectivity index (χ2n) is 16.5. The predicted molar refractivity (Wildman–Crippen MR) is 198 cm³/mol. The Hall–Kier alpha value is 1.87. The average molecular weight is 666 g/mol. The molecule has 0 atom stereocenters. The van der Waals surface area contributed by atoms with Gasteiger partial charge in [0.2, 0.25) is 0 Å². The zero-order valence-electron chi connectivity index (χ0n) is 26.9. The molecule has 0 aliphatic heterocycles. The van der Waals surface area contributed by atoms with Gasteiger partial charge in [0.1, 0.15) is 0 Å². The van der Waals surface area contributed by atoms with Gasteiger partial charge in [-0.05, 0) is 0 Å². The van der Waals surface area contributed by atoms with Gasteiger partial charge in [-0.2, -0.15) is 0 Å². The molecule has 0 N–H and O–H groups in total. The molecule has 0 aromatic rings. The first-order chi connectivity index (χ1) is 20.1. The van der Waals surface area contributed by atoms with Gasteiger partial charge in [0, 0.05) is 0 Å². The first-order valence-electron chi connectivity index (χ1n) is 19.5. The van der Waals surface area contributed by atoms with E-state index in [1.807, 2.05) is 0 Å². The molecule has 0 heterocycles. The van der Waals surface area contributed by atoms with Crippen LogP contribution in [0.5, 0.6) is 0 Å². The third kappa shape index (κ3) is 6.17. The van der Waals surface area contributed by atoms with E-state index in [0.717, 1.165) is 34.0 Å². The zero-order chi connectivity index (χ0) is 28.2.